The molecule has 0 saturated heterocycles. The number of nitrogens with zero attached hydrogens (tertiary/aromatic N) is 1. The van der Waals surface area contributed by atoms with Crippen molar-refractivity contribution in [2.24, 2.45) is 0 Å². The molecule has 238 valence electrons. The number of amides is 1. The van der Waals surface area contributed by atoms with Crippen molar-refractivity contribution in [3.05, 3.63) is 137 Å². The lowest BCUT2D eigenvalue weighted by molar-refractivity contribution is 0.0956. The van der Waals surface area contributed by atoms with Crippen LogP contribution in [-0.4, -0.2) is 36.3 Å². The Morgan fingerprint density at radius 3 is 2.15 bits per heavy atom. The number of carbonyl (C=O) groups excluding carboxylic acids is 1. The molecular weight excluding hydrogens is 610 g/mol. The summed E-state index contributed by atoms with van der Waals surface area (Å²) in [6.45, 7) is 6.18. The minimum atomic E-state index is -4.42. The second-order valence-electron chi connectivity index (χ2n) is 12.2. The molecule has 0 aliphatic carbocycles. The molecule has 0 aliphatic heterocycles. The molecule has 0 saturated carbocycles. The highest BCUT2D eigenvalue weighted by atomic mass is 32.2. The number of nitrogens with one attached hydrogen (secondary N) is 1. The number of carbonyl (C=O) groups is 1. The molecule has 0 aliphatic rings. The van der Waals surface area contributed by atoms with Gasteiger partial charge in [0.1, 0.15) is 11.6 Å². The maximum absolute atomic E-state index is 14.3. The molecule has 1 unspecified atom stereocenters. The summed E-state index contributed by atoms with van der Waals surface area (Å²) in [7, 11) is -4.42. The van der Waals surface area contributed by atoms with Crippen LogP contribution in [-0.2, 0) is 22.0 Å². The number of benzene rings is 4. The second kappa shape index (κ2) is 13.4. The average molecular weight is 644 g/mol. The highest BCUT2D eigenvalue weighted by Gasteiger charge is 2.22. The first-order valence-corrected chi connectivity index (χ1v) is 16.3. The van der Waals surface area contributed by atoms with Gasteiger partial charge in [0.2, 0.25) is 0 Å². The van der Waals surface area contributed by atoms with E-state index in [2.05, 4.69) is 55.5 Å². The van der Waals surface area contributed by atoms with Gasteiger partial charge in [-0.3, -0.25) is 4.79 Å². The van der Waals surface area contributed by atoms with Crippen LogP contribution >= 0.6 is 0 Å². The first-order chi connectivity index (χ1) is 21.8. The molecular formula is C36H33F2N2O5S-. The number of hydrogen-bond donors (Lipinski definition) is 1. The minimum absolute atomic E-state index is 0.0215. The van der Waals surface area contributed by atoms with Crippen LogP contribution in [0.5, 0.6) is 0 Å². The van der Waals surface area contributed by atoms with Crippen molar-refractivity contribution >= 4 is 16.0 Å². The number of rotatable bonds is 10. The van der Waals surface area contributed by atoms with E-state index in [0.29, 0.717) is 34.6 Å². The van der Waals surface area contributed by atoms with E-state index in [1.165, 1.54) is 17.7 Å². The Kier molecular flexibility index (Phi) is 9.50. The number of halogens is 2. The molecule has 10 heteroatoms. The lowest BCUT2D eigenvalue weighted by Crippen LogP contribution is -2.28. The van der Waals surface area contributed by atoms with Gasteiger partial charge < -0.3 is 14.4 Å². The third-order valence-corrected chi connectivity index (χ3v) is 8.47. The molecule has 5 aromatic rings. The molecule has 1 amide bonds. The van der Waals surface area contributed by atoms with E-state index in [1.54, 1.807) is 36.4 Å². The van der Waals surface area contributed by atoms with Crippen LogP contribution in [0.15, 0.2) is 102 Å². The zero-order valence-corrected chi connectivity index (χ0v) is 26.4. The fourth-order valence-corrected chi connectivity index (χ4v) is 5.51. The first kappa shape index (κ1) is 32.7. The van der Waals surface area contributed by atoms with Crippen molar-refractivity contribution in [1.29, 1.82) is 0 Å². The molecule has 1 N–H and O–H groups in total. The van der Waals surface area contributed by atoms with Gasteiger partial charge >= 0.3 is 0 Å². The summed E-state index contributed by atoms with van der Waals surface area (Å²) >= 11 is 0. The lowest BCUT2D eigenvalue weighted by Gasteiger charge is -2.21. The summed E-state index contributed by atoms with van der Waals surface area (Å²) in [6.07, 6.45) is 0.542. The van der Waals surface area contributed by atoms with Gasteiger partial charge in [-0.15, -0.1) is 0 Å². The molecule has 0 bridgehead atoms. The van der Waals surface area contributed by atoms with E-state index < -0.39 is 33.4 Å². The average Bonchev–Trinajstić information content (AvgIpc) is 3.49. The first-order valence-electron chi connectivity index (χ1n) is 14.7. The molecule has 1 heterocycles. The predicted molar refractivity (Wildman–Crippen MR) is 171 cm³/mol. The van der Waals surface area contributed by atoms with E-state index in [-0.39, 0.29) is 17.9 Å². The fraction of sp³-hybridized carbons (Fsp3) is 0.222. The highest BCUT2D eigenvalue weighted by Crippen LogP contribution is 2.34. The largest absolute Gasteiger partial charge is 0.748 e. The predicted octanol–water partition coefficient (Wildman–Crippen LogP) is 7.23. The fourth-order valence-electron chi connectivity index (χ4n) is 5.15. The van der Waals surface area contributed by atoms with E-state index in [0.717, 1.165) is 22.8 Å². The number of hydrogen-bond acceptors (Lipinski definition) is 6. The van der Waals surface area contributed by atoms with Crippen molar-refractivity contribution in [1.82, 2.24) is 10.5 Å². The molecule has 1 aromatic heterocycles. The van der Waals surface area contributed by atoms with Crippen LogP contribution in [0.2, 0.25) is 0 Å². The van der Waals surface area contributed by atoms with Crippen LogP contribution in [0.4, 0.5) is 8.78 Å². The molecule has 0 spiro atoms. The summed E-state index contributed by atoms with van der Waals surface area (Å²) < 4.78 is 65.9. The summed E-state index contributed by atoms with van der Waals surface area (Å²) in [5.41, 5.74) is 5.80. The molecule has 4 aromatic carbocycles. The third-order valence-electron chi connectivity index (χ3n) is 7.77. The van der Waals surface area contributed by atoms with Gasteiger partial charge in [0, 0.05) is 41.3 Å². The highest BCUT2D eigenvalue weighted by molar-refractivity contribution is 7.85. The van der Waals surface area contributed by atoms with E-state index in [4.69, 9.17) is 4.52 Å². The van der Waals surface area contributed by atoms with Crippen LogP contribution in [0, 0.1) is 11.6 Å². The Morgan fingerprint density at radius 1 is 0.891 bits per heavy atom. The molecule has 0 radical (unpaired) electrons. The van der Waals surface area contributed by atoms with E-state index in [1.807, 2.05) is 18.2 Å². The Balaban J connectivity index is 1.39. The zero-order chi connectivity index (χ0) is 33.1. The van der Waals surface area contributed by atoms with Gasteiger partial charge in [-0.25, -0.2) is 17.2 Å². The monoisotopic (exact) mass is 643 g/mol. The minimum Gasteiger partial charge on any atom is -0.748 e. The topological polar surface area (TPSA) is 112 Å². The zero-order valence-electron chi connectivity index (χ0n) is 25.6. The molecule has 7 nitrogen and oxygen atoms in total. The van der Waals surface area contributed by atoms with Crippen LogP contribution in [0.1, 0.15) is 59.4 Å². The van der Waals surface area contributed by atoms with Crippen molar-refractivity contribution in [2.75, 3.05) is 12.3 Å². The lowest BCUT2D eigenvalue weighted by atomic mass is 9.83. The Morgan fingerprint density at radius 2 is 1.54 bits per heavy atom. The Hall–Kier alpha value is -4.67. The molecule has 5 rings (SSSR count). The molecule has 1 atom stereocenters. The van der Waals surface area contributed by atoms with Crippen molar-refractivity contribution < 1.29 is 31.1 Å². The van der Waals surface area contributed by atoms with Crippen LogP contribution < -0.4 is 5.32 Å². The second-order valence-corrected chi connectivity index (χ2v) is 13.7. The maximum Gasteiger partial charge on any atom is 0.251 e. The van der Waals surface area contributed by atoms with Gasteiger partial charge in [0.05, 0.1) is 21.6 Å². The summed E-state index contributed by atoms with van der Waals surface area (Å²) in [6, 6.07) is 27.8. The van der Waals surface area contributed by atoms with Crippen LogP contribution in [0.3, 0.4) is 0 Å². The van der Waals surface area contributed by atoms with E-state index >= 15 is 0 Å². The van der Waals surface area contributed by atoms with Crippen LogP contribution in [0.25, 0.3) is 22.5 Å². The van der Waals surface area contributed by atoms with Crippen molar-refractivity contribution in [3.63, 3.8) is 0 Å². The van der Waals surface area contributed by atoms with Gasteiger partial charge in [-0.05, 0) is 58.4 Å². The summed E-state index contributed by atoms with van der Waals surface area (Å²) in [5, 5.41) is 6.87. The standard InChI is InChI=1S/C36H34F2N2O5S/c1-36(2,3)28-14-12-25(13-15-28)31(20-23-4-6-27(7-5-23)35(41)39-18-19-46(42,43)44)33-22-34(45-40-33)26-10-8-24(9-11-26)30-17-16-29(37)21-32(30)38/h4-17,21-22,31H,18-20H2,1-3H3,(H,39,41)(H,42,43,44)/p-1. The normalized spacial score (nSPS) is 12.6. The Bertz CT molecular complexity index is 1930. The van der Waals surface area contributed by atoms with Gasteiger partial charge in [0.15, 0.2) is 5.76 Å². The smallest absolute Gasteiger partial charge is 0.251 e. The molecule has 0 fully saturated rings. The molecule has 46 heavy (non-hydrogen) atoms. The van der Waals surface area contributed by atoms with Crippen molar-refractivity contribution in [2.45, 2.75) is 38.5 Å². The maximum atomic E-state index is 14.3. The Labute approximate surface area is 267 Å². The van der Waals surface area contributed by atoms with Crippen molar-refractivity contribution in [3.8, 4) is 22.5 Å². The van der Waals surface area contributed by atoms with Gasteiger partial charge in [-0.2, -0.15) is 0 Å². The van der Waals surface area contributed by atoms with E-state index in [9.17, 15) is 26.5 Å². The van der Waals surface area contributed by atoms with Gasteiger partial charge in [0.25, 0.3) is 5.91 Å². The SMILES string of the molecule is CC(C)(C)c1ccc(C(Cc2ccc(C(=O)NCCS(=O)(=O)[O-])cc2)c2cc(-c3ccc(-c4ccc(F)cc4F)cc3)on2)cc1. The quantitative estimate of drug-likeness (QED) is 0.161. The number of aromatic nitrogens is 1. The third kappa shape index (κ3) is 8.13. The summed E-state index contributed by atoms with van der Waals surface area (Å²) in [5.74, 6) is -2.09. The van der Waals surface area contributed by atoms with Gasteiger partial charge in [-0.1, -0.05) is 86.6 Å². The summed E-state index contributed by atoms with van der Waals surface area (Å²) in [4.78, 5) is 12.4.